The summed E-state index contributed by atoms with van der Waals surface area (Å²) in [7, 11) is 3.51. The molecular formula is C14H24N4O2. The van der Waals surface area contributed by atoms with Crippen molar-refractivity contribution in [2.75, 3.05) is 25.6 Å². The monoisotopic (exact) mass is 280 g/mol. The molecule has 0 unspecified atom stereocenters. The maximum absolute atomic E-state index is 12.5. The Kier molecular flexibility index (Phi) is 4.65. The first-order valence-corrected chi connectivity index (χ1v) is 7.18. The molecule has 0 saturated carbocycles. The van der Waals surface area contributed by atoms with Gasteiger partial charge in [-0.2, -0.15) is 5.10 Å². The number of ether oxygens (including phenoxy) is 1. The zero-order chi connectivity index (χ0) is 14.6. The summed E-state index contributed by atoms with van der Waals surface area (Å²) in [4.78, 5) is 14.5. The van der Waals surface area contributed by atoms with Crippen LogP contribution < -0.4 is 5.32 Å². The molecule has 112 valence electrons. The predicted molar refractivity (Wildman–Crippen MR) is 77.7 cm³/mol. The summed E-state index contributed by atoms with van der Waals surface area (Å²) in [5.41, 5.74) is -0.161. The minimum absolute atomic E-state index is 0.0587. The maximum atomic E-state index is 12.5. The van der Waals surface area contributed by atoms with E-state index in [4.69, 9.17) is 4.74 Å². The SMILES string of the molecule is CCC[C@@]1(COC)CCCN1C(=O)Nc1ccnn1C. The predicted octanol–water partition coefficient (Wildman–Crippen LogP) is 2.23. The molecule has 6 nitrogen and oxygen atoms in total. The van der Waals surface area contributed by atoms with Crippen molar-refractivity contribution in [3.05, 3.63) is 12.3 Å². The van der Waals surface area contributed by atoms with Crippen LogP contribution in [0.5, 0.6) is 0 Å². The molecule has 1 fully saturated rings. The van der Waals surface area contributed by atoms with Gasteiger partial charge in [0.05, 0.1) is 18.3 Å². The van der Waals surface area contributed by atoms with Gasteiger partial charge in [0.25, 0.3) is 0 Å². The van der Waals surface area contributed by atoms with Crippen LogP contribution in [0.4, 0.5) is 10.6 Å². The number of hydrogen-bond donors (Lipinski definition) is 1. The average Bonchev–Trinajstić information content (AvgIpc) is 2.98. The topological polar surface area (TPSA) is 59.4 Å². The van der Waals surface area contributed by atoms with Crippen LogP contribution in [0.2, 0.25) is 0 Å². The van der Waals surface area contributed by atoms with E-state index in [1.165, 1.54) is 0 Å². The quantitative estimate of drug-likeness (QED) is 0.899. The second-order valence-corrected chi connectivity index (χ2v) is 5.43. The molecule has 1 aromatic heterocycles. The molecule has 6 heteroatoms. The first-order chi connectivity index (χ1) is 9.63. The van der Waals surface area contributed by atoms with Gasteiger partial charge in [0.2, 0.25) is 0 Å². The van der Waals surface area contributed by atoms with Crippen LogP contribution in [-0.2, 0) is 11.8 Å². The fourth-order valence-corrected chi connectivity index (χ4v) is 3.15. The number of rotatable bonds is 5. The van der Waals surface area contributed by atoms with Gasteiger partial charge in [-0.25, -0.2) is 4.79 Å². The zero-order valence-electron chi connectivity index (χ0n) is 12.6. The number of nitrogens with one attached hydrogen (secondary N) is 1. The van der Waals surface area contributed by atoms with Crippen LogP contribution >= 0.6 is 0 Å². The number of nitrogens with zero attached hydrogens (tertiary/aromatic N) is 3. The summed E-state index contributed by atoms with van der Waals surface area (Å²) in [6, 6.07) is 1.74. The number of likely N-dealkylation sites (tertiary alicyclic amines) is 1. The van der Waals surface area contributed by atoms with Crippen molar-refractivity contribution in [1.29, 1.82) is 0 Å². The molecule has 2 rings (SSSR count). The highest BCUT2D eigenvalue weighted by atomic mass is 16.5. The third kappa shape index (κ3) is 2.80. The molecule has 0 bridgehead atoms. The minimum Gasteiger partial charge on any atom is -0.382 e. The van der Waals surface area contributed by atoms with Gasteiger partial charge in [0.1, 0.15) is 5.82 Å². The first kappa shape index (κ1) is 14.8. The lowest BCUT2D eigenvalue weighted by atomic mass is 9.91. The number of aryl methyl sites for hydroxylation is 1. The molecule has 1 aliphatic heterocycles. The van der Waals surface area contributed by atoms with Crippen molar-refractivity contribution in [2.45, 2.75) is 38.1 Å². The van der Waals surface area contributed by atoms with Crippen molar-refractivity contribution in [3.63, 3.8) is 0 Å². The summed E-state index contributed by atoms with van der Waals surface area (Å²) in [6.07, 6.45) is 5.72. The molecule has 0 radical (unpaired) electrons. The lowest BCUT2D eigenvalue weighted by Crippen LogP contribution is -2.52. The van der Waals surface area contributed by atoms with Gasteiger partial charge in [-0.05, 0) is 19.3 Å². The molecule has 1 N–H and O–H groups in total. The molecule has 2 heterocycles. The van der Waals surface area contributed by atoms with Crippen LogP contribution in [0.15, 0.2) is 12.3 Å². The average molecular weight is 280 g/mol. The minimum atomic E-state index is -0.161. The summed E-state index contributed by atoms with van der Waals surface area (Å²) >= 11 is 0. The van der Waals surface area contributed by atoms with Crippen molar-refractivity contribution in [3.8, 4) is 0 Å². The summed E-state index contributed by atoms with van der Waals surface area (Å²) < 4.78 is 7.04. The number of carbonyl (C=O) groups excluding carboxylic acids is 1. The largest absolute Gasteiger partial charge is 0.382 e. The van der Waals surface area contributed by atoms with Gasteiger partial charge in [-0.3, -0.25) is 10.00 Å². The molecule has 2 amide bonds. The van der Waals surface area contributed by atoms with E-state index in [1.807, 2.05) is 11.9 Å². The number of urea groups is 1. The van der Waals surface area contributed by atoms with E-state index in [-0.39, 0.29) is 11.6 Å². The Hall–Kier alpha value is -1.56. The van der Waals surface area contributed by atoms with Crippen LogP contribution in [0.3, 0.4) is 0 Å². The number of methoxy groups -OCH3 is 1. The van der Waals surface area contributed by atoms with E-state index < -0.39 is 0 Å². The van der Waals surface area contributed by atoms with Gasteiger partial charge in [-0.15, -0.1) is 0 Å². The van der Waals surface area contributed by atoms with Crippen LogP contribution in [-0.4, -0.2) is 46.5 Å². The van der Waals surface area contributed by atoms with E-state index in [9.17, 15) is 4.79 Å². The molecule has 20 heavy (non-hydrogen) atoms. The third-order valence-corrected chi connectivity index (χ3v) is 4.03. The lowest BCUT2D eigenvalue weighted by Gasteiger charge is -2.38. The third-order valence-electron chi connectivity index (χ3n) is 4.03. The first-order valence-electron chi connectivity index (χ1n) is 7.18. The normalized spacial score (nSPS) is 22.2. The molecule has 0 aliphatic carbocycles. The Balaban J connectivity index is 2.12. The van der Waals surface area contributed by atoms with E-state index in [0.717, 1.165) is 32.2 Å². The highest BCUT2D eigenvalue weighted by Gasteiger charge is 2.43. The van der Waals surface area contributed by atoms with Crippen LogP contribution in [0.1, 0.15) is 32.6 Å². The second-order valence-electron chi connectivity index (χ2n) is 5.43. The molecule has 1 aromatic rings. The van der Waals surface area contributed by atoms with Gasteiger partial charge in [0, 0.05) is 26.8 Å². The van der Waals surface area contributed by atoms with Crippen molar-refractivity contribution >= 4 is 11.8 Å². The van der Waals surface area contributed by atoms with E-state index in [1.54, 1.807) is 24.1 Å². The molecule has 1 aliphatic rings. The Morgan fingerprint density at radius 3 is 3.00 bits per heavy atom. The number of aromatic nitrogens is 2. The molecule has 1 saturated heterocycles. The maximum Gasteiger partial charge on any atom is 0.323 e. The fraction of sp³-hybridized carbons (Fsp3) is 0.714. The van der Waals surface area contributed by atoms with E-state index in [0.29, 0.717) is 12.4 Å². The number of hydrogen-bond acceptors (Lipinski definition) is 3. The van der Waals surface area contributed by atoms with Crippen molar-refractivity contribution in [1.82, 2.24) is 14.7 Å². The van der Waals surface area contributed by atoms with Gasteiger partial charge >= 0.3 is 6.03 Å². The number of carbonyl (C=O) groups is 1. The summed E-state index contributed by atoms with van der Waals surface area (Å²) in [5.74, 6) is 0.713. The fourth-order valence-electron chi connectivity index (χ4n) is 3.15. The smallest absolute Gasteiger partial charge is 0.323 e. The summed E-state index contributed by atoms with van der Waals surface area (Å²) in [5, 5.41) is 7.00. The van der Waals surface area contributed by atoms with E-state index in [2.05, 4.69) is 17.3 Å². The highest BCUT2D eigenvalue weighted by Crippen LogP contribution is 2.34. The van der Waals surface area contributed by atoms with E-state index >= 15 is 0 Å². The second kappa shape index (κ2) is 6.26. The Labute approximate surface area is 120 Å². The lowest BCUT2D eigenvalue weighted by molar-refractivity contribution is 0.0539. The molecule has 0 aromatic carbocycles. The van der Waals surface area contributed by atoms with Gasteiger partial charge < -0.3 is 9.64 Å². The summed E-state index contributed by atoms with van der Waals surface area (Å²) in [6.45, 7) is 3.53. The van der Waals surface area contributed by atoms with Crippen LogP contribution in [0, 0.1) is 0 Å². The Bertz CT molecular complexity index is 452. The standard InChI is InChI=1S/C14H24N4O2/c1-4-7-14(11-20-3)8-5-10-18(14)13(19)16-12-6-9-15-17(12)2/h6,9H,4-5,7-8,10-11H2,1-3H3,(H,16,19)/t14-/m0/s1. The van der Waals surface area contributed by atoms with Crippen molar-refractivity contribution in [2.24, 2.45) is 7.05 Å². The molecular weight excluding hydrogens is 256 g/mol. The zero-order valence-corrected chi connectivity index (χ0v) is 12.6. The van der Waals surface area contributed by atoms with Crippen molar-refractivity contribution < 1.29 is 9.53 Å². The van der Waals surface area contributed by atoms with Gasteiger partial charge in [0.15, 0.2) is 0 Å². The highest BCUT2D eigenvalue weighted by molar-refractivity contribution is 5.89. The Morgan fingerprint density at radius 2 is 2.40 bits per heavy atom. The van der Waals surface area contributed by atoms with Gasteiger partial charge in [-0.1, -0.05) is 13.3 Å². The van der Waals surface area contributed by atoms with Crippen LogP contribution in [0.25, 0.3) is 0 Å². The number of amides is 2. The molecule has 1 atom stereocenters. The Morgan fingerprint density at radius 1 is 1.60 bits per heavy atom. The molecule has 0 spiro atoms. The number of anilines is 1.